The van der Waals surface area contributed by atoms with E-state index < -0.39 is 5.97 Å². The van der Waals surface area contributed by atoms with Gasteiger partial charge in [-0.05, 0) is 18.3 Å². The van der Waals surface area contributed by atoms with Gasteiger partial charge in [-0.2, -0.15) is 0 Å². The van der Waals surface area contributed by atoms with Crippen LogP contribution >= 0.6 is 0 Å². The van der Waals surface area contributed by atoms with Crippen molar-refractivity contribution in [3.05, 3.63) is 23.5 Å². The first kappa shape index (κ1) is 8.71. The molecule has 0 aromatic heterocycles. The SMILES string of the molecule is O=C(O)C1=C(O)C2C3C=CC(C3)C2C1=O. The van der Waals surface area contributed by atoms with Gasteiger partial charge in [0.2, 0.25) is 0 Å². The zero-order valence-electron chi connectivity index (χ0n) is 7.88. The van der Waals surface area contributed by atoms with Gasteiger partial charge in [0.25, 0.3) is 0 Å². The maximum Gasteiger partial charge on any atom is 0.342 e. The van der Waals surface area contributed by atoms with Crippen molar-refractivity contribution < 1.29 is 19.8 Å². The van der Waals surface area contributed by atoms with Gasteiger partial charge >= 0.3 is 5.97 Å². The van der Waals surface area contributed by atoms with Crippen molar-refractivity contribution in [1.29, 1.82) is 0 Å². The van der Waals surface area contributed by atoms with Gasteiger partial charge in [0.05, 0.1) is 0 Å². The molecule has 0 radical (unpaired) electrons. The van der Waals surface area contributed by atoms with Crippen molar-refractivity contribution in [2.24, 2.45) is 23.7 Å². The Labute approximate surface area is 85.9 Å². The summed E-state index contributed by atoms with van der Waals surface area (Å²) in [5.74, 6) is -2.18. The summed E-state index contributed by atoms with van der Waals surface area (Å²) >= 11 is 0. The van der Waals surface area contributed by atoms with E-state index in [1.54, 1.807) is 0 Å². The lowest BCUT2D eigenvalue weighted by Gasteiger charge is -2.18. The van der Waals surface area contributed by atoms with Crippen LogP contribution in [-0.4, -0.2) is 22.0 Å². The molecule has 0 aromatic rings. The molecule has 0 heterocycles. The number of aliphatic carboxylic acids is 1. The minimum atomic E-state index is -1.30. The van der Waals surface area contributed by atoms with Crippen LogP contribution in [0.4, 0.5) is 0 Å². The van der Waals surface area contributed by atoms with Gasteiger partial charge in [-0.3, -0.25) is 4.79 Å². The molecule has 3 aliphatic rings. The monoisotopic (exact) mass is 206 g/mol. The number of ketones is 1. The first-order valence-electron chi connectivity index (χ1n) is 5.00. The molecule has 0 aromatic carbocycles. The Morgan fingerprint density at radius 3 is 2.40 bits per heavy atom. The number of rotatable bonds is 1. The Morgan fingerprint density at radius 1 is 1.27 bits per heavy atom. The van der Waals surface area contributed by atoms with E-state index in [1.165, 1.54) is 0 Å². The molecule has 3 aliphatic carbocycles. The number of carbonyl (C=O) groups is 2. The molecule has 2 bridgehead atoms. The van der Waals surface area contributed by atoms with Crippen LogP contribution in [0.2, 0.25) is 0 Å². The fourth-order valence-corrected chi connectivity index (χ4v) is 3.23. The third-order valence-corrected chi connectivity index (χ3v) is 3.79. The van der Waals surface area contributed by atoms with Crippen LogP contribution in [0.1, 0.15) is 6.42 Å². The van der Waals surface area contributed by atoms with Crippen LogP contribution in [0.3, 0.4) is 0 Å². The minimum absolute atomic E-state index is 0.131. The molecule has 3 rings (SSSR count). The normalized spacial score (nSPS) is 41.5. The Kier molecular flexibility index (Phi) is 1.45. The predicted octanol–water partition coefficient (Wildman–Crippen LogP) is 0.904. The van der Waals surface area contributed by atoms with Gasteiger partial charge < -0.3 is 10.2 Å². The van der Waals surface area contributed by atoms with Gasteiger partial charge in [-0.1, -0.05) is 12.2 Å². The smallest absolute Gasteiger partial charge is 0.342 e. The lowest BCUT2D eigenvalue weighted by Crippen LogP contribution is -2.23. The average Bonchev–Trinajstić information content (AvgIpc) is 2.79. The molecule has 1 saturated carbocycles. The Morgan fingerprint density at radius 2 is 1.87 bits per heavy atom. The number of aliphatic hydroxyl groups excluding tert-OH is 1. The number of carboxylic acids is 1. The fourth-order valence-electron chi connectivity index (χ4n) is 3.23. The highest BCUT2D eigenvalue weighted by Gasteiger charge is 2.56. The molecule has 4 heteroatoms. The van der Waals surface area contributed by atoms with Gasteiger partial charge in [-0.25, -0.2) is 4.79 Å². The second-order valence-corrected chi connectivity index (χ2v) is 4.43. The maximum atomic E-state index is 11.8. The molecule has 0 saturated heterocycles. The van der Waals surface area contributed by atoms with Crippen LogP contribution in [-0.2, 0) is 9.59 Å². The standard InChI is InChI=1S/C11H10O4/c12-9-6-4-1-2-5(3-4)7(6)10(13)8(9)11(14)15/h1-2,4-7,12H,3H2,(H,14,15). The summed E-state index contributed by atoms with van der Waals surface area (Å²) in [4.78, 5) is 22.6. The van der Waals surface area contributed by atoms with E-state index in [0.717, 1.165) is 6.42 Å². The van der Waals surface area contributed by atoms with Gasteiger partial charge in [0.15, 0.2) is 5.78 Å². The molecular formula is C11H10O4. The number of carbonyl (C=O) groups excluding carboxylic acids is 1. The van der Waals surface area contributed by atoms with E-state index in [2.05, 4.69) is 0 Å². The molecule has 0 amide bonds. The second-order valence-electron chi connectivity index (χ2n) is 4.43. The molecule has 4 nitrogen and oxygen atoms in total. The molecule has 78 valence electrons. The average molecular weight is 206 g/mol. The number of Topliss-reactive ketones (excluding diaryl/α,β-unsaturated/α-hetero) is 1. The van der Waals surface area contributed by atoms with Crippen LogP contribution in [0.25, 0.3) is 0 Å². The van der Waals surface area contributed by atoms with Crippen LogP contribution in [0.5, 0.6) is 0 Å². The van der Waals surface area contributed by atoms with Crippen molar-refractivity contribution in [2.45, 2.75) is 6.42 Å². The van der Waals surface area contributed by atoms with Crippen LogP contribution in [0, 0.1) is 23.7 Å². The van der Waals surface area contributed by atoms with Crippen molar-refractivity contribution in [3.63, 3.8) is 0 Å². The number of hydrogen-bond acceptors (Lipinski definition) is 3. The summed E-state index contributed by atoms with van der Waals surface area (Å²) in [6, 6.07) is 0. The molecular weight excluding hydrogens is 196 g/mol. The highest BCUT2D eigenvalue weighted by molar-refractivity contribution is 6.20. The Hall–Kier alpha value is -1.58. The van der Waals surface area contributed by atoms with Crippen molar-refractivity contribution >= 4 is 11.8 Å². The van der Waals surface area contributed by atoms with E-state index in [1.807, 2.05) is 12.2 Å². The first-order chi connectivity index (χ1) is 7.11. The van der Waals surface area contributed by atoms with E-state index in [-0.39, 0.29) is 40.8 Å². The molecule has 4 atom stereocenters. The van der Waals surface area contributed by atoms with Gasteiger partial charge in [0.1, 0.15) is 11.3 Å². The summed E-state index contributed by atoms with van der Waals surface area (Å²) in [6.07, 6.45) is 4.83. The fraction of sp³-hybridized carbons (Fsp3) is 0.455. The quantitative estimate of drug-likeness (QED) is 0.494. The molecule has 2 N–H and O–H groups in total. The predicted molar refractivity (Wildman–Crippen MR) is 50.0 cm³/mol. The largest absolute Gasteiger partial charge is 0.511 e. The maximum absolute atomic E-state index is 11.8. The molecule has 1 fully saturated rings. The third-order valence-electron chi connectivity index (χ3n) is 3.79. The summed E-state index contributed by atoms with van der Waals surface area (Å²) in [6.45, 7) is 0. The highest BCUT2D eigenvalue weighted by Crippen LogP contribution is 2.55. The molecule has 0 aliphatic heterocycles. The van der Waals surface area contributed by atoms with Gasteiger partial charge in [0, 0.05) is 11.8 Å². The van der Waals surface area contributed by atoms with E-state index in [4.69, 9.17) is 5.11 Å². The summed E-state index contributed by atoms with van der Waals surface area (Å²) < 4.78 is 0. The highest BCUT2D eigenvalue weighted by atomic mass is 16.4. The van der Waals surface area contributed by atoms with E-state index >= 15 is 0 Å². The Bertz CT molecular complexity index is 432. The third kappa shape index (κ3) is 0.868. The number of allylic oxidation sites excluding steroid dienone is 3. The van der Waals surface area contributed by atoms with Crippen molar-refractivity contribution in [3.8, 4) is 0 Å². The second kappa shape index (κ2) is 2.51. The van der Waals surface area contributed by atoms with E-state index in [0.29, 0.717) is 0 Å². The molecule has 0 spiro atoms. The summed E-state index contributed by atoms with van der Waals surface area (Å²) in [7, 11) is 0. The number of carboxylic acid groups (broad SMARTS) is 1. The zero-order valence-corrected chi connectivity index (χ0v) is 7.88. The topological polar surface area (TPSA) is 74.6 Å². The number of fused-ring (bicyclic) bond motifs is 5. The number of hydrogen-bond donors (Lipinski definition) is 2. The Balaban J connectivity index is 2.10. The van der Waals surface area contributed by atoms with Crippen molar-refractivity contribution in [1.82, 2.24) is 0 Å². The van der Waals surface area contributed by atoms with Crippen LogP contribution < -0.4 is 0 Å². The summed E-state index contributed by atoms with van der Waals surface area (Å²) in [5, 5.41) is 18.6. The summed E-state index contributed by atoms with van der Waals surface area (Å²) in [5.41, 5.74) is -0.386. The van der Waals surface area contributed by atoms with Crippen LogP contribution in [0.15, 0.2) is 23.5 Å². The minimum Gasteiger partial charge on any atom is -0.511 e. The zero-order chi connectivity index (χ0) is 10.7. The molecule has 15 heavy (non-hydrogen) atoms. The number of aliphatic hydroxyl groups is 1. The lowest BCUT2D eigenvalue weighted by atomic mass is 9.84. The first-order valence-corrected chi connectivity index (χ1v) is 5.00. The van der Waals surface area contributed by atoms with E-state index in [9.17, 15) is 14.7 Å². The lowest BCUT2D eigenvalue weighted by molar-refractivity contribution is -0.135. The van der Waals surface area contributed by atoms with Crippen molar-refractivity contribution in [2.75, 3.05) is 0 Å². The van der Waals surface area contributed by atoms with Gasteiger partial charge in [-0.15, -0.1) is 0 Å². The molecule has 4 unspecified atom stereocenters.